The highest BCUT2D eigenvalue weighted by Gasteiger charge is 2.33. The molecule has 3 nitrogen and oxygen atoms in total. The quantitative estimate of drug-likeness (QED) is 0.851. The first-order valence-corrected chi connectivity index (χ1v) is 7.48. The Morgan fingerprint density at radius 3 is 2.79 bits per heavy atom. The average molecular weight is 351 g/mol. The van der Waals surface area contributed by atoms with Crippen LogP contribution in [-0.2, 0) is 4.74 Å². The van der Waals surface area contributed by atoms with Crippen LogP contribution in [0.4, 0.5) is 4.39 Å². The Labute approximate surface area is 124 Å². The molecule has 0 aliphatic carbocycles. The van der Waals surface area contributed by atoms with Gasteiger partial charge in [0.25, 0.3) is 5.91 Å². The molecule has 104 valence electrons. The van der Waals surface area contributed by atoms with E-state index >= 15 is 0 Å². The number of hydrogen-bond acceptors (Lipinski definition) is 2. The van der Waals surface area contributed by atoms with Crippen LogP contribution in [-0.4, -0.2) is 30.0 Å². The van der Waals surface area contributed by atoms with Crippen molar-refractivity contribution in [3.05, 3.63) is 34.6 Å². The van der Waals surface area contributed by atoms with Crippen molar-refractivity contribution in [1.29, 1.82) is 0 Å². The lowest BCUT2D eigenvalue weighted by Gasteiger charge is -2.36. The Kier molecular flexibility index (Phi) is 4.81. The molecule has 1 aliphatic rings. The van der Waals surface area contributed by atoms with Crippen LogP contribution in [0.25, 0.3) is 0 Å². The molecule has 1 heterocycles. The molecule has 19 heavy (non-hydrogen) atoms. The van der Waals surface area contributed by atoms with Gasteiger partial charge in [-0.25, -0.2) is 4.39 Å². The number of alkyl halides is 1. The van der Waals surface area contributed by atoms with E-state index in [-0.39, 0.29) is 22.0 Å². The van der Waals surface area contributed by atoms with E-state index in [1.165, 1.54) is 18.2 Å². The molecule has 1 aromatic rings. The van der Waals surface area contributed by atoms with Gasteiger partial charge in [0, 0.05) is 18.5 Å². The van der Waals surface area contributed by atoms with Crippen molar-refractivity contribution in [2.45, 2.75) is 18.4 Å². The number of halogens is 3. The topological polar surface area (TPSA) is 38.3 Å². The van der Waals surface area contributed by atoms with Gasteiger partial charge in [-0.3, -0.25) is 4.79 Å². The summed E-state index contributed by atoms with van der Waals surface area (Å²) in [4.78, 5) is 12.2. The highest BCUT2D eigenvalue weighted by molar-refractivity contribution is 9.09. The van der Waals surface area contributed by atoms with E-state index in [2.05, 4.69) is 21.2 Å². The lowest BCUT2D eigenvalue weighted by molar-refractivity contribution is 0.0442. The Hall–Kier alpha value is -0.650. The maximum absolute atomic E-state index is 13.4. The molecule has 6 heteroatoms. The summed E-state index contributed by atoms with van der Waals surface area (Å²) in [6.45, 7) is 1.20. The second kappa shape index (κ2) is 6.20. The van der Waals surface area contributed by atoms with Crippen molar-refractivity contribution in [1.82, 2.24) is 5.32 Å². The van der Waals surface area contributed by atoms with E-state index in [1.54, 1.807) is 0 Å². The van der Waals surface area contributed by atoms with Crippen LogP contribution in [0.15, 0.2) is 18.2 Å². The van der Waals surface area contributed by atoms with Crippen LogP contribution in [0.5, 0.6) is 0 Å². The van der Waals surface area contributed by atoms with Gasteiger partial charge in [-0.05, 0) is 25.0 Å². The highest BCUT2D eigenvalue weighted by atomic mass is 79.9. The molecule has 1 N–H and O–H groups in total. The maximum atomic E-state index is 13.4. The summed E-state index contributed by atoms with van der Waals surface area (Å²) in [5, 5.41) is 3.43. The minimum atomic E-state index is -0.589. The molecule has 0 aromatic heterocycles. The van der Waals surface area contributed by atoms with Crippen molar-refractivity contribution in [3.63, 3.8) is 0 Å². The summed E-state index contributed by atoms with van der Waals surface area (Å²) in [6.07, 6.45) is 1.44. The smallest absolute Gasteiger partial charge is 0.253 e. The van der Waals surface area contributed by atoms with Gasteiger partial charge in [0.15, 0.2) is 0 Å². The van der Waals surface area contributed by atoms with Gasteiger partial charge in [0.05, 0.1) is 16.1 Å². The Morgan fingerprint density at radius 1 is 1.47 bits per heavy atom. The number of hydrogen-bond donors (Lipinski definition) is 1. The van der Waals surface area contributed by atoms with Gasteiger partial charge in [0.2, 0.25) is 0 Å². The molecule has 1 amide bonds. The van der Waals surface area contributed by atoms with Gasteiger partial charge in [-0.15, -0.1) is 0 Å². The van der Waals surface area contributed by atoms with Gasteiger partial charge in [-0.1, -0.05) is 33.6 Å². The number of rotatable bonds is 3. The number of ether oxygens (including phenoxy) is 1. The minimum Gasteiger partial charge on any atom is -0.381 e. The first-order valence-electron chi connectivity index (χ1n) is 5.98. The van der Waals surface area contributed by atoms with Crippen molar-refractivity contribution >= 4 is 33.4 Å². The van der Waals surface area contributed by atoms with E-state index in [9.17, 15) is 9.18 Å². The lowest BCUT2D eigenvalue weighted by Crippen LogP contribution is -2.53. The first kappa shape index (κ1) is 14.8. The fraction of sp³-hybridized carbons (Fsp3) is 0.462. The average Bonchev–Trinajstić information content (AvgIpc) is 2.42. The van der Waals surface area contributed by atoms with Gasteiger partial charge < -0.3 is 10.1 Å². The van der Waals surface area contributed by atoms with Crippen LogP contribution in [0.1, 0.15) is 23.2 Å². The van der Waals surface area contributed by atoms with E-state index in [0.29, 0.717) is 18.5 Å². The van der Waals surface area contributed by atoms with E-state index in [4.69, 9.17) is 16.3 Å². The fourth-order valence-electron chi connectivity index (χ4n) is 2.04. The lowest BCUT2D eigenvalue weighted by atomic mass is 9.92. The third-order valence-corrected chi connectivity index (χ3v) is 4.74. The molecule has 1 fully saturated rings. The highest BCUT2D eigenvalue weighted by Crippen LogP contribution is 2.25. The normalized spacial score (nSPS) is 18.1. The standard InChI is InChI=1S/C13H14BrClFNO2/c14-8-13(4-6-19-7-5-13)17-12(18)9-2-1-3-10(16)11(9)15/h1-3H,4-8H2,(H,17,18). The van der Waals surface area contributed by atoms with Crippen molar-refractivity contribution < 1.29 is 13.9 Å². The Morgan fingerprint density at radius 2 is 2.16 bits per heavy atom. The molecule has 0 unspecified atom stereocenters. The van der Waals surface area contributed by atoms with Crippen LogP contribution in [0, 0.1) is 5.82 Å². The Balaban J connectivity index is 2.17. The van der Waals surface area contributed by atoms with Gasteiger partial charge >= 0.3 is 0 Å². The van der Waals surface area contributed by atoms with E-state index in [1.807, 2.05) is 0 Å². The SMILES string of the molecule is O=C(NC1(CBr)CCOCC1)c1cccc(F)c1Cl. The van der Waals surface area contributed by atoms with Crippen molar-refractivity contribution in [3.8, 4) is 0 Å². The van der Waals surface area contributed by atoms with Gasteiger partial charge in [-0.2, -0.15) is 0 Å². The van der Waals surface area contributed by atoms with Gasteiger partial charge in [0.1, 0.15) is 5.82 Å². The third kappa shape index (κ3) is 3.27. The molecule has 1 aliphatic heterocycles. The molecule has 0 spiro atoms. The molecular formula is C13H14BrClFNO2. The molecule has 0 saturated carbocycles. The number of carbonyl (C=O) groups is 1. The number of carbonyl (C=O) groups excluding carboxylic acids is 1. The zero-order valence-corrected chi connectivity index (χ0v) is 12.6. The molecule has 1 aromatic carbocycles. The summed E-state index contributed by atoms with van der Waals surface area (Å²) < 4.78 is 18.7. The predicted octanol–water partition coefficient (Wildman–Crippen LogP) is 3.15. The van der Waals surface area contributed by atoms with Crippen molar-refractivity contribution in [2.24, 2.45) is 0 Å². The maximum Gasteiger partial charge on any atom is 0.253 e. The largest absolute Gasteiger partial charge is 0.381 e. The van der Waals surface area contributed by atoms with Crippen molar-refractivity contribution in [2.75, 3.05) is 18.5 Å². The number of amides is 1. The number of nitrogens with one attached hydrogen (secondary N) is 1. The number of benzene rings is 1. The zero-order chi connectivity index (χ0) is 13.9. The zero-order valence-electron chi connectivity index (χ0n) is 10.2. The third-order valence-electron chi connectivity index (χ3n) is 3.28. The first-order chi connectivity index (χ1) is 9.08. The second-order valence-corrected chi connectivity index (χ2v) is 5.52. The van der Waals surface area contributed by atoms with Crippen LogP contribution >= 0.6 is 27.5 Å². The Bertz CT molecular complexity index is 478. The van der Waals surface area contributed by atoms with Crippen LogP contribution < -0.4 is 5.32 Å². The minimum absolute atomic E-state index is 0.142. The fourth-order valence-corrected chi connectivity index (χ4v) is 2.95. The molecular weight excluding hydrogens is 337 g/mol. The molecule has 0 atom stereocenters. The summed E-state index contributed by atoms with van der Waals surface area (Å²) in [5.41, 5.74) is -0.196. The van der Waals surface area contributed by atoms with E-state index < -0.39 is 5.82 Å². The molecule has 0 bridgehead atoms. The summed E-state index contributed by atoms with van der Waals surface area (Å²) >= 11 is 9.25. The monoisotopic (exact) mass is 349 g/mol. The summed E-state index contributed by atoms with van der Waals surface area (Å²) in [5.74, 6) is -0.944. The summed E-state index contributed by atoms with van der Waals surface area (Å²) in [6, 6.07) is 4.22. The molecule has 2 rings (SSSR count). The predicted molar refractivity (Wildman–Crippen MR) is 75.5 cm³/mol. The van der Waals surface area contributed by atoms with E-state index in [0.717, 1.165) is 12.8 Å². The second-order valence-electron chi connectivity index (χ2n) is 4.58. The van der Waals surface area contributed by atoms with Crippen LogP contribution in [0.3, 0.4) is 0 Å². The summed E-state index contributed by atoms with van der Waals surface area (Å²) in [7, 11) is 0. The van der Waals surface area contributed by atoms with Crippen LogP contribution in [0.2, 0.25) is 5.02 Å². The molecule has 0 radical (unpaired) electrons. The molecule has 1 saturated heterocycles.